The molecular weight excluding hydrogens is 180 g/mol. The lowest BCUT2D eigenvalue weighted by molar-refractivity contribution is 0.521. The molecule has 0 radical (unpaired) electrons. The number of hydrogen-bond acceptors (Lipinski definition) is 4. The lowest BCUT2D eigenvalue weighted by Gasteiger charge is -2.04. The van der Waals surface area contributed by atoms with E-state index in [0.29, 0.717) is 16.8 Å². The highest BCUT2D eigenvalue weighted by atomic mass is 16.4. The van der Waals surface area contributed by atoms with Crippen molar-refractivity contribution in [3.8, 4) is 0 Å². The van der Waals surface area contributed by atoms with E-state index in [1.165, 1.54) is 0 Å². The van der Waals surface area contributed by atoms with Gasteiger partial charge in [0.1, 0.15) is 5.52 Å². The van der Waals surface area contributed by atoms with Gasteiger partial charge in [0.15, 0.2) is 5.58 Å². The van der Waals surface area contributed by atoms with Gasteiger partial charge >= 0.3 is 5.76 Å². The molecule has 0 aromatic carbocycles. The Balaban J connectivity index is 2.87. The summed E-state index contributed by atoms with van der Waals surface area (Å²) in [4.78, 5) is 19.1. The molecule has 0 fully saturated rings. The molecule has 14 heavy (non-hydrogen) atoms. The Bertz CT molecular complexity index is 517. The van der Waals surface area contributed by atoms with Crippen molar-refractivity contribution < 1.29 is 4.42 Å². The minimum Gasteiger partial charge on any atom is -0.406 e. The van der Waals surface area contributed by atoms with Crippen molar-refractivity contribution in [3.05, 3.63) is 34.6 Å². The average Bonchev–Trinajstić information content (AvgIpc) is 2.16. The molecule has 2 rings (SSSR count). The third-order valence-corrected chi connectivity index (χ3v) is 1.97. The maximum Gasteiger partial charge on any atom is 0.439 e. The van der Waals surface area contributed by atoms with Crippen LogP contribution in [0.4, 0.5) is 0 Å². The maximum absolute atomic E-state index is 11.1. The zero-order valence-corrected chi connectivity index (χ0v) is 8.02. The van der Waals surface area contributed by atoms with E-state index in [1.807, 2.05) is 13.8 Å². The minimum absolute atomic E-state index is 0.163. The van der Waals surface area contributed by atoms with Crippen molar-refractivity contribution in [1.82, 2.24) is 9.97 Å². The Morgan fingerprint density at radius 2 is 2.21 bits per heavy atom. The largest absolute Gasteiger partial charge is 0.439 e. The molecule has 0 saturated heterocycles. The van der Waals surface area contributed by atoms with E-state index in [-0.39, 0.29) is 5.92 Å². The van der Waals surface area contributed by atoms with Gasteiger partial charge < -0.3 is 4.42 Å². The van der Waals surface area contributed by atoms with Crippen LogP contribution in [0.3, 0.4) is 0 Å². The fourth-order valence-corrected chi connectivity index (χ4v) is 1.34. The molecular formula is C10H10N2O2. The van der Waals surface area contributed by atoms with Gasteiger partial charge in [-0.25, -0.2) is 4.79 Å². The van der Waals surface area contributed by atoms with E-state index in [2.05, 4.69) is 9.97 Å². The topological polar surface area (TPSA) is 56.0 Å². The fourth-order valence-electron chi connectivity index (χ4n) is 1.34. The van der Waals surface area contributed by atoms with Crippen molar-refractivity contribution in [2.75, 3.05) is 0 Å². The first-order chi connectivity index (χ1) is 6.68. The second-order valence-corrected chi connectivity index (χ2v) is 3.37. The molecule has 0 amide bonds. The van der Waals surface area contributed by atoms with Gasteiger partial charge in [0.25, 0.3) is 0 Å². The highest BCUT2D eigenvalue weighted by Gasteiger charge is 2.10. The predicted molar refractivity (Wildman–Crippen MR) is 52.2 cm³/mol. The summed E-state index contributed by atoms with van der Waals surface area (Å²) in [5.41, 5.74) is 1.86. The second kappa shape index (κ2) is 3.21. The van der Waals surface area contributed by atoms with E-state index in [1.54, 1.807) is 18.3 Å². The number of aromatic nitrogens is 2. The molecule has 0 aliphatic heterocycles. The SMILES string of the molecule is CC(C)c1nc(=O)oc2cccnc12. The molecule has 0 unspecified atom stereocenters. The molecule has 0 spiro atoms. The van der Waals surface area contributed by atoms with Crippen LogP contribution in [0.25, 0.3) is 11.1 Å². The van der Waals surface area contributed by atoms with Gasteiger partial charge in [-0.2, -0.15) is 4.98 Å². The van der Waals surface area contributed by atoms with Crippen molar-refractivity contribution in [2.45, 2.75) is 19.8 Å². The van der Waals surface area contributed by atoms with Gasteiger partial charge in [-0.3, -0.25) is 4.98 Å². The highest BCUT2D eigenvalue weighted by molar-refractivity contribution is 5.74. The number of rotatable bonds is 1. The Kier molecular flexibility index (Phi) is 2.04. The minimum atomic E-state index is -0.561. The summed E-state index contributed by atoms with van der Waals surface area (Å²) in [6.07, 6.45) is 1.66. The third kappa shape index (κ3) is 1.39. The van der Waals surface area contributed by atoms with Crippen molar-refractivity contribution in [2.24, 2.45) is 0 Å². The smallest absolute Gasteiger partial charge is 0.406 e. The molecule has 2 aromatic heterocycles. The van der Waals surface area contributed by atoms with Crippen molar-refractivity contribution in [1.29, 1.82) is 0 Å². The van der Waals surface area contributed by atoms with Gasteiger partial charge in [-0.1, -0.05) is 13.8 Å². The Labute approximate surface area is 80.6 Å². The van der Waals surface area contributed by atoms with Crippen LogP contribution in [0.5, 0.6) is 0 Å². The maximum atomic E-state index is 11.1. The number of nitrogens with zero attached hydrogens (tertiary/aromatic N) is 2. The van der Waals surface area contributed by atoms with Crippen LogP contribution < -0.4 is 5.76 Å². The van der Waals surface area contributed by atoms with Crippen LogP contribution in [0.15, 0.2) is 27.5 Å². The zero-order chi connectivity index (χ0) is 10.1. The van der Waals surface area contributed by atoms with E-state index in [9.17, 15) is 4.79 Å². The van der Waals surface area contributed by atoms with Gasteiger partial charge in [-0.15, -0.1) is 0 Å². The van der Waals surface area contributed by atoms with Gasteiger partial charge in [-0.05, 0) is 18.1 Å². The molecule has 2 heterocycles. The summed E-state index contributed by atoms with van der Waals surface area (Å²) in [6, 6.07) is 3.45. The molecule has 0 saturated carbocycles. The first-order valence-corrected chi connectivity index (χ1v) is 4.44. The van der Waals surface area contributed by atoms with Gasteiger partial charge in [0.05, 0.1) is 5.69 Å². The highest BCUT2D eigenvalue weighted by Crippen LogP contribution is 2.18. The summed E-state index contributed by atoms with van der Waals surface area (Å²) < 4.78 is 4.92. The van der Waals surface area contributed by atoms with Crippen LogP contribution in [-0.4, -0.2) is 9.97 Å². The summed E-state index contributed by atoms with van der Waals surface area (Å²) in [6.45, 7) is 3.94. The summed E-state index contributed by atoms with van der Waals surface area (Å²) in [5, 5.41) is 0. The normalized spacial score (nSPS) is 11.1. The Morgan fingerprint density at radius 1 is 1.43 bits per heavy atom. The van der Waals surface area contributed by atoms with Crippen LogP contribution in [-0.2, 0) is 0 Å². The first kappa shape index (κ1) is 8.87. The molecule has 4 heteroatoms. The Hall–Kier alpha value is -1.71. The molecule has 2 aromatic rings. The van der Waals surface area contributed by atoms with Gasteiger partial charge in [0.2, 0.25) is 0 Å². The molecule has 0 aliphatic rings. The molecule has 72 valence electrons. The zero-order valence-electron chi connectivity index (χ0n) is 8.02. The molecule has 4 nitrogen and oxygen atoms in total. The lowest BCUT2D eigenvalue weighted by Crippen LogP contribution is -2.09. The first-order valence-electron chi connectivity index (χ1n) is 4.44. The average molecular weight is 190 g/mol. The molecule has 0 aliphatic carbocycles. The van der Waals surface area contributed by atoms with Crippen LogP contribution in [0.1, 0.15) is 25.5 Å². The number of hydrogen-bond donors (Lipinski definition) is 0. The Morgan fingerprint density at radius 3 is 2.93 bits per heavy atom. The molecule has 0 N–H and O–H groups in total. The van der Waals surface area contributed by atoms with E-state index in [0.717, 1.165) is 0 Å². The van der Waals surface area contributed by atoms with Crippen LogP contribution >= 0.6 is 0 Å². The summed E-state index contributed by atoms with van der Waals surface area (Å²) in [5.74, 6) is -0.397. The summed E-state index contributed by atoms with van der Waals surface area (Å²) >= 11 is 0. The number of pyridine rings is 1. The van der Waals surface area contributed by atoms with E-state index in [4.69, 9.17) is 4.42 Å². The van der Waals surface area contributed by atoms with Crippen molar-refractivity contribution in [3.63, 3.8) is 0 Å². The predicted octanol–water partition coefficient (Wildman–Crippen LogP) is 1.71. The number of fused-ring (bicyclic) bond motifs is 1. The fraction of sp³-hybridized carbons (Fsp3) is 0.300. The third-order valence-electron chi connectivity index (χ3n) is 1.97. The van der Waals surface area contributed by atoms with Crippen LogP contribution in [0.2, 0.25) is 0 Å². The quantitative estimate of drug-likeness (QED) is 0.686. The molecule has 0 atom stereocenters. The second-order valence-electron chi connectivity index (χ2n) is 3.37. The van der Waals surface area contributed by atoms with Gasteiger partial charge in [0, 0.05) is 6.20 Å². The van der Waals surface area contributed by atoms with E-state index >= 15 is 0 Å². The van der Waals surface area contributed by atoms with Crippen LogP contribution in [0, 0.1) is 0 Å². The summed E-state index contributed by atoms with van der Waals surface area (Å²) in [7, 11) is 0. The van der Waals surface area contributed by atoms with E-state index < -0.39 is 5.76 Å². The lowest BCUT2D eigenvalue weighted by atomic mass is 10.1. The standard InChI is InChI=1S/C10H10N2O2/c1-6(2)8-9-7(4-3-5-11-9)14-10(13)12-8/h3-6H,1-2H3. The molecule has 0 bridgehead atoms. The van der Waals surface area contributed by atoms with Crippen molar-refractivity contribution >= 4 is 11.1 Å². The monoisotopic (exact) mass is 190 g/mol.